The average Bonchev–Trinajstić information content (AvgIpc) is 2.84. The second kappa shape index (κ2) is 11.9. The molecular weight excluding hydrogens is 493 g/mol. The molecule has 0 saturated heterocycles. The van der Waals surface area contributed by atoms with Crippen LogP contribution in [0.2, 0.25) is 10.0 Å². The molecule has 0 saturated carbocycles. The molecule has 178 valence electrons. The molecule has 0 radical (unpaired) electrons. The van der Waals surface area contributed by atoms with Crippen LogP contribution in [0.5, 0.6) is 11.5 Å². The lowest BCUT2D eigenvalue weighted by Gasteiger charge is -2.13. The number of hydrogen-bond donors (Lipinski definition) is 1. The Labute approximate surface area is 211 Å². The Morgan fingerprint density at radius 1 is 1.06 bits per heavy atom. The average molecular weight is 512 g/mol. The van der Waals surface area contributed by atoms with Gasteiger partial charge >= 0.3 is 0 Å². The van der Waals surface area contributed by atoms with Gasteiger partial charge in [-0.25, -0.2) is 0 Å². The van der Waals surface area contributed by atoms with Crippen LogP contribution in [-0.4, -0.2) is 17.4 Å². The summed E-state index contributed by atoms with van der Waals surface area (Å²) in [4.78, 5) is 23.2. The van der Waals surface area contributed by atoms with Crippen molar-refractivity contribution < 1.29 is 19.2 Å². The molecule has 10 heteroatoms. The lowest BCUT2D eigenvalue weighted by atomic mass is 10.1. The highest BCUT2D eigenvalue weighted by Crippen LogP contribution is 2.31. The minimum atomic E-state index is -0.807. The molecule has 3 aromatic rings. The first-order valence-electron chi connectivity index (χ1n) is 10.3. The Hall–Kier alpha value is -4.06. The molecule has 0 heterocycles. The molecule has 0 aromatic heterocycles. The molecule has 0 atom stereocenters. The second-order valence-electron chi connectivity index (χ2n) is 7.10. The number of halogens is 2. The van der Waals surface area contributed by atoms with E-state index >= 15 is 0 Å². The molecule has 3 aromatic carbocycles. The van der Waals surface area contributed by atoms with Crippen molar-refractivity contribution in [3.05, 3.63) is 97.5 Å². The SMILES string of the molecule is CCOc1cc(/C=C(\C#N)C(=O)Nc2ccc(Cl)cc2[N+](=O)[O-])ccc1OCc1ccc(Cl)cc1. The van der Waals surface area contributed by atoms with Crippen LogP contribution in [0.1, 0.15) is 18.1 Å². The maximum absolute atomic E-state index is 12.6. The first kappa shape index (κ1) is 25.6. The van der Waals surface area contributed by atoms with Gasteiger partial charge in [0, 0.05) is 16.1 Å². The van der Waals surface area contributed by atoms with Crippen molar-refractivity contribution in [2.75, 3.05) is 11.9 Å². The molecule has 0 aliphatic heterocycles. The van der Waals surface area contributed by atoms with E-state index in [9.17, 15) is 20.2 Å². The van der Waals surface area contributed by atoms with Crippen molar-refractivity contribution in [1.82, 2.24) is 0 Å². The van der Waals surface area contributed by atoms with Gasteiger partial charge < -0.3 is 14.8 Å². The van der Waals surface area contributed by atoms with Gasteiger partial charge in [0.15, 0.2) is 11.5 Å². The minimum absolute atomic E-state index is 0.0773. The number of nitrogens with one attached hydrogen (secondary N) is 1. The molecule has 35 heavy (non-hydrogen) atoms. The number of carbonyl (C=O) groups excluding carboxylic acids is 1. The van der Waals surface area contributed by atoms with Crippen LogP contribution in [0.3, 0.4) is 0 Å². The van der Waals surface area contributed by atoms with Gasteiger partial charge in [0.25, 0.3) is 11.6 Å². The third kappa shape index (κ3) is 6.96. The maximum Gasteiger partial charge on any atom is 0.294 e. The number of anilines is 1. The molecular formula is C25H19Cl2N3O5. The lowest BCUT2D eigenvalue weighted by molar-refractivity contribution is -0.383. The molecule has 1 amide bonds. The van der Waals surface area contributed by atoms with E-state index in [1.54, 1.807) is 30.3 Å². The predicted octanol–water partition coefficient (Wildman–Crippen LogP) is 6.42. The van der Waals surface area contributed by atoms with Crippen LogP contribution in [-0.2, 0) is 11.4 Å². The van der Waals surface area contributed by atoms with E-state index in [1.165, 1.54) is 18.2 Å². The van der Waals surface area contributed by atoms with Gasteiger partial charge in [0.05, 0.1) is 11.5 Å². The number of nitro benzene ring substituents is 1. The normalized spacial score (nSPS) is 10.9. The summed E-state index contributed by atoms with van der Waals surface area (Å²) in [5.74, 6) is 0.110. The second-order valence-corrected chi connectivity index (χ2v) is 7.97. The van der Waals surface area contributed by atoms with Crippen molar-refractivity contribution in [3.63, 3.8) is 0 Å². The van der Waals surface area contributed by atoms with E-state index < -0.39 is 10.8 Å². The van der Waals surface area contributed by atoms with Crippen molar-refractivity contribution in [2.24, 2.45) is 0 Å². The van der Waals surface area contributed by atoms with Gasteiger partial charge in [-0.1, -0.05) is 41.4 Å². The summed E-state index contributed by atoms with van der Waals surface area (Å²) >= 11 is 11.7. The Morgan fingerprint density at radius 2 is 1.77 bits per heavy atom. The quantitative estimate of drug-likeness (QED) is 0.153. The van der Waals surface area contributed by atoms with Gasteiger partial charge in [-0.2, -0.15) is 5.26 Å². The molecule has 0 unspecified atom stereocenters. The largest absolute Gasteiger partial charge is 0.490 e. The molecule has 3 rings (SSSR count). The molecule has 0 bridgehead atoms. The summed E-state index contributed by atoms with van der Waals surface area (Å²) < 4.78 is 11.5. The topological polar surface area (TPSA) is 114 Å². The summed E-state index contributed by atoms with van der Waals surface area (Å²) in [6.07, 6.45) is 1.35. The predicted molar refractivity (Wildman–Crippen MR) is 134 cm³/mol. The standard InChI is InChI=1S/C25H19Cl2N3O5/c1-2-34-24-12-17(5-10-23(24)35-15-16-3-6-19(26)7-4-16)11-18(14-28)25(31)29-21-9-8-20(27)13-22(21)30(32)33/h3-13H,2,15H2,1H3,(H,29,31)/b18-11+. The van der Waals surface area contributed by atoms with Crippen LogP contribution < -0.4 is 14.8 Å². The van der Waals surface area contributed by atoms with Crippen LogP contribution in [0, 0.1) is 21.4 Å². The summed E-state index contributed by atoms with van der Waals surface area (Å²) in [7, 11) is 0. The summed E-state index contributed by atoms with van der Waals surface area (Å²) in [6, 6.07) is 17.8. The first-order chi connectivity index (χ1) is 16.8. The van der Waals surface area contributed by atoms with E-state index in [0.29, 0.717) is 28.7 Å². The fourth-order valence-electron chi connectivity index (χ4n) is 3.01. The minimum Gasteiger partial charge on any atom is -0.490 e. The first-order valence-corrected chi connectivity index (χ1v) is 11.1. The number of ether oxygens (including phenoxy) is 2. The fourth-order valence-corrected chi connectivity index (χ4v) is 3.30. The van der Waals surface area contributed by atoms with E-state index in [4.69, 9.17) is 32.7 Å². The van der Waals surface area contributed by atoms with E-state index in [0.717, 1.165) is 11.6 Å². The van der Waals surface area contributed by atoms with Crippen LogP contribution >= 0.6 is 23.2 Å². The highest BCUT2D eigenvalue weighted by molar-refractivity contribution is 6.31. The molecule has 0 aliphatic rings. The number of rotatable bonds is 9. The molecule has 0 fully saturated rings. The number of carbonyl (C=O) groups is 1. The number of nitriles is 1. The van der Waals surface area contributed by atoms with Crippen molar-refractivity contribution >= 4 is 46.6 Å². The number of nitro groups is 1. The van der Waals surface area contributed by atoms with Gasteiger partial charge in [-0.3, -0.25) is 14.9 Å². The number of nitrogens with zero attached hydrogens (tertiary/aromatic N) is 2. The van der Waals surface area contributed by atoms with E-state index in [-0.39, 0.29) is 28.6 Å². The van der Waals surface area contributed by atoms with Crippen molar-refractivity contribution in [1.29, 1.82) is 5.26 Å². The number of amides is 1. The summed E-state index contributed by atoms with van der Waals surface area (Å²) in [6.45, 7) is 2.48. The monoisotopic (exact) mass is 511 g/mol. The van der Waals surface area contributed by atoms with Crippen LogP contribution in [0.4, 0.5) is 11.4 Å². The zero-order valence-electron chi connectivity index (χ0n) is 18.5. The Balaban J connectivity index is 1.81. The zero-order chi connectivity index (χ0) is 25.4. The Morgan fingerprint density at radius 3 is 2.43 bits per heavy atom. The molecule has 0 spiro atoms. The van der Waals surface area contributed by atoms with Gasteiger partial charge in [-0.05, 0) is 60.5 Å². The van der Waals surface area contributed by atoms with Crippen LogP contribution in [0.25, 0.3) is 6.08 Å². The highest BCUT2D eigenvalue weighted by atomic mass is 35.5. The van der Waals surface area contributed by atoms with Crippen molar-refractivity contribution in [2.45, 2.75) is 13.5 Å². The zero-order valence-corrected chi connectivity index (χ0v) is 20.0. The summed E-state index contributed by atoms with van der Waals surface area (Å²) in [5, 5.41) is 23.9. The Kier molecular flexibility index (Phi) is 8.68. The summed E-state index contributed by atoms with van der Waals surface area (Å²) in [5.41, 5.74) is 0.701. The van der Waals surface area contributed by atoms with E-state index in [2.05, 4.69) is 5.32 Å². The van der Waals surface area contributed by atoms with E-state index in [1.807, 2.05) is 25.1 Å². The van der Waals surface area contributed by atoms with Gasteiger partial charge in [-0.15, -0.1) is 0 Å². The molecule has 0 aliphatic carbocycles. The van der Waals surface area contributed by atoms with Gasteiger partial charge in [0.2, 0.25) is 0 Å². The Bertz CT molecular complexity index is 1320. The smallest absolute Gasteiger partial charge is 0.294 e. The number of hydrogen-bond acceptors (Lipinski definition) is 6. The maximum atomic E-state index is 12.6. The highest BCUT2D eigenvalue weighted by Gasteiger charge is 2.19. The third-order valence-corrected chi connectivity index (χ3v) is 5.14. The fraction of sp³-hybridized carbons (Fsp3) is 0.120. The molecule has 8 nitrogen and oxygen atoms in total. The third-order valence-electron chi connectivity index (χ3n) is 4.66. The van der Waals surface area contributed by atoms with Crippen LogP contribution in [0.15, 0.2) is 66.2 Å². The van der Waals surface area contributed by atoms with Crippen molar-refractivity contribution in [3.8, 4) is 17.6 Å². The van der Waals surface area contributed by atoms with Gasteiger partial charge in [0.1, 0.15) is 23.9 Å². The molecule has 1 N–H and O–H groups in total. The number of benzene rings is 3. The lowest BCUT2D eigenvalue weighted by Crippen LogP contribution is -2.14.